The van der Waals surface area contributed by atoms with Gasteiger partial charge in [0.05, 0.1) is 6.10 Å². The monoisotopic (exact) mass is 196 g/mol. The molecule has 1 aromatic rings. The Morgan fingerprint density at radius 2 is 2.43 bits per heavy atom. The summed E-state index contributed by atoms with van der Waals surface area (Å²) in [6, 6.07) is 1.41. The van der Waals surface area contributed by atoms with Crippen molar-refractivity contribution in [3.8, 4) is 0 Å². The summed E-state index contributed by atoms with van der Waals surface area (Å²) in [5, 5.41) is 0. The van der Waals surface area contributed by atoms with Gasteiger partial charge in [-0.3, -0.25) is 4.98 Å². The molecule has 0 saturated carbocycles. The Labute approximate surface area is 81.1 Å². The fourth-order valence-corrected chi connectivity index (χ4v) is 0.817. The van der Waals surface area contributed by atoms with Crippen LogP contribution in [0, 0.1) is 0 Å². The molecule has 0 saturated heterocycles. The van der Waals surface area contributed by atoms with Crippen molar-refractivity contribution >= 4 is 5.97 Å². The van der Waals surface area contributed by atoms with Crippen molar-refractivity contribution in [3.05, 3.63) is 28.4 Å². The van der Waals surface area contributed by atoms with Crippen LogP contribution in [0.15, 0.2) is 17.1 Å². The van der Waals surface area contributed by atoms with Crippen LogP contribution in [0.3, 0.4) is 0 Å². The molecule has 0 aliphatic heterocycles. The summed E-state index contributed by atoms with van der Waals surface area (Å²) in [6.07, 6.45) is 1.85. The number of ether oxygens (including phenoxy) is 1. The molecule has 0 spiro atoms. The third kappa shape index (κ3) is 2.69. The predicted octanol–water partition coefficient (Wildman–Crippen LogP) is 0.725. The Morgan fingerprint density at radius 3 is 3.00 bits per heavy atom. The van der Waals surface area contributed by atoms with E-state index in [1.807, 2.05) is 6.92 Å². The lowest BCUT2D eigenvalue weighted by molar-refractivity contribution is 0.0327. The second kappa shape index (κ2) is 4.55. The Hall–Kier alpha value is -1.65. The van der Waals surface area contributed by atoms with Crippen molar-refractivity contribution in [1.82, 2.24) is 9.97 Å². The molecule has 0 bridgehead atoms. The van der Waals surface area contributed by atoms with Gasteiger partial charge < -0.3 is 4.74 Å². The molecular formula is C9H12N2O3. The highest BCUT2D eigenvalue weighted by molar-refractivity contribution is 5.87. The topological polar surface area (TPSA) is 72.0 Å². The molecule has 14 heavy (non-hydrogen) atoms. The molecule has 76 valence electrons. The molecule has 1 aromatic heterocycles. The lowest BCUT2D eigenvalue weighted by atomic mass is 10.3. The number of esters is 1. The van der Waals surface area contributed by atoms with Crippen molar-refractivity contribution in [2.75, 3.05) is 0 Å². The summed E-state index contributed by atoms with van der Waals surface area (Å²) in [5.74, 6) is -0.529. The largest absolute Gasteiger partial charge is 0.458 e. The number of carbonyl (C=O) groups excluding carboxylic acids is 1. The zero-order valence-electron chi connectivity index (χ0n) is 8.11. The fourth-order valence-electron chi connectivity index (χ4n) is 0.817. The van der Waals surface area contributed by atoms with E-state index >= 15 is 0 Å². The summed E-state index contributed by atoms with van der Waals surface area (Å²) in [4.78, 5) is 27.8. The second-order valence-corrected chi connectivity index (χ2v) is 2.91. The van der Waals surface area contributed by atoms with E-state index in [1.54, 1.807) is 6.92 Å². The Morgan fingerprint density at radius 1 is 1.71 bits per heavy atom. The number of hydrogen-bond acceptors (Lipinski definition) is 4. The van der Waals surface area contributed by atoms with Gasteiger partial charge in [-0.2, -0.15) is 0 Å². The number of aromatic nitrogens is 2. The molecule has 0 radical (unpaired) electrons. The van der Waals surface area contributed by atoms with Gasteiger partial charge in [0.25, 0.3) is 0 Å². The molecule has 0 aromatic carbocycles. The summed E-state index contributed by atoms with van der Waals surface area (Å²) >= 11 is 0. The van der Waals surface area contributed by atoms with Crippen LogP contribution in [0.2, 0.25) is 0 Å². The summed E-state index contributed by atoms with van der Waals surface area (Å²) in [7, 11) is 0. The highest BCUT2D eigenvalue weighted by atomic mass is 16.5. The summed E-state index contributed by atoms with van der Waals surface area (Å²) < 4.78 is 5.00. The lowest BCUT2D eigenvalue weighted by Crippen LogP contribution is -2.19. The van der Waals surface area contributed by atoms with Gasteiger partial charge in [0.15, 0.2) is 0 Å². The van der Waals surface area contributed by atoms with E-state index in [-0.39, 0.29) is 11.8 Å². The number of aromatic amines is 1. The predicted molar refractivity (Wildman–Crippen MR) is 50.0 cm³/mol. The van der Waals surface area contributed by atoms with E-state index in [4.69, 9.17) is 4.74 Å². The van der Waals surface area contributed by atoms with E-state index in [2.05, 4.69) is 9.97 Å². The van der Waals surface area contributed by atoms with Gasteiger partial charge in [0, 0.05) is 6.20 Å². The maximum absolute atomic E-state index is 11.3. The number of rotatable bonds is 3. The Bertz CT molecular complexity index is 372. The number of H-pyrrole nitrogens is 1. The average Bonchev–Trinajstić information content (AvgIpc) is 2.17. The SMILES string of the molecule is CCC(C)OC(=O)c1ccnc(=O)[nH]1. The van der Waals surface area contributed by atoms with Crippen LogP contribution in [-0.4, -0.2) is 22.0 Å². The average molecular weight is 196 g/mol. The molecule has 1 unspecified atom stereocenters. The Balaban J connectivity index is 2.75. The summed E-state index contributed by atoms with van der Waals surface area (Å²) in [5.41, 5.74) is -0.422. The van der Waals surface area contributed by atoms with Crippen LogP contribution in [0.4, 0.5) is 0 Å². The van der Waals surface area contributed by atoms with Gasteiger partial charge in [0.1, 0.15) is 5.69 Å². The highest BCUT2D eigenvalue weighted by Gasteiger charge is 2.10. The van der Waals surface area contributed by atoms with Crippen molar-refractivity contribution in [2.24, 2.45) is 0 Å². The van der Waals surface area contributed by atoms with Crippen molar-refractivity contribution in [3.63, 3.8) is 0 Å². The zero-order chi connectivity index (χ0) is 10.6. The quantitative estimate of drug-likeness (QED) is 0.723. The molecule has 0 aliphatic rings. The Kier molecular flexibility index (Phi) is 3.39. The van der Waals surface area contributed by atoms with Crippen molar-refractivity contribution in [2.45, 2.75) is 26.4 Å². The summed E-state index contributed by atoms with van der Waals surface area (Å²) in [6.45, 7) is 3.70. The smallest absolute Gasteiger partial charge is 0.355 e. The van der Waals surface area contributed by atoms with E-state index < -0.39 is 11.7 Å². The fraction of sp³-hybridized carbons (Fsp3) is 0.444. The standard InChI is InChI=1S/C9H12N2O3/c1-3-6(2)14-8(12)7-4-5-10-9(13)11-7/h4-6H,3H2,1-2H3,(H,10,11,13). The minimum atomic E-state index is -0.552. The molecule has 0 amide bonds. The number of hydrogen-bond donors (Lipinski definition) is 1. The van der Waals surface area contributed by atoms with Crippen LogP contribution in [-0.2, 0) is 4.74 Å². The molecule has 1 rings (SSSR count). The number of nitrogens with one attached hydrogen (secondary N) is 1. The highest BCUT2D eigenvalue weighted by Crippen LogP contribution is 2.01. The van der Waals surface area contributed by atoms with Crippen LogP contribution in [0.25, 0.3) is 0 Å². The molecule has 1 atom stereocenters. The first-order chi connectivity index (χ1) is 6.63. The molecule has 0 aliphatic carbocycles. The van der Waals surface area contributed by atoms with Crippen molar-refractivity contribution in [1.29, 1.82) is 0 Å². The van der Waals surface area contributed by atoms with Crippen molar-refractivity contribution < 1.29 is 9.53 Å². The third-order valence-corrected chi connectivity index (χ3v) is 1.78. The minimum Gasteiger partial charge on any atom is -0.458 e. The third-order valence-electron chi connectivity index (χ3n) is 1.78. The second-order valence-electron chi connectivity index (χ2n) is 2.91. The normalized spacial score (nSPS) is 12.1. The van der Waals surface area contributed by atoms with E-state index in [0.717, 1.165) is 6.42 Å². The lowest BCUT2D eigenvalue weighted by Gasteiger charge is -2.09. The van der Waals surface area contributed by atoms with Crippen LogP contribution in [0.1, 0.15) is 30.8 Å². The number of nitrogens with zero attached hydrogens (tertiary/aromatic N) is 1. The first-order valence-electron chi connectivity index (χ1n) is 4.39. The van der Waals surface area contributed by atoms with Crippen LogP contribution in [0.5, 0.6) is 0 Å². The number of carbonyl (C=O) groups is 1. The van der Waals surface area contributed by atoms with Crippen LogP contribution < -0.4 is 5.69 Å². The maximum atomic E-state index is 11.3. The molecule has 1 N–H and O–H groups in total. The molecular weight excluding hydrogens is 184 g/mol. The first kappa shape index (κ1) is 10.4. The van der Waals surface area contributed by atoms with Gasteiger partial charge in [-0.05, 0) is 19.4 Å². The maximum Gasteiger partial charge on any atom is 0.355 e. The van der Waals surface area contributed by atoms with Gasteiger partial charge >= 0.3 is 11.7 Å². The first-order valence-corrected chi connectivity index (χ1v) is 4.39. The molecule has 0 fully saturated rings. The molecule has 5 heteroatoms. The van der Waals surface area contributed by atoms with E-state index in [0.29, 0.717) is 0 Å². The molecule has 5 nitrogen and oxygen atoms in total. The van der Waals surface area contributed by atoms with Gasteiger partial charge in [0.2, 0.25) is 0 Å². The van der Waals surface area contributed by atoms with Crippen LogP contribution >= 0.6 is 0 Å². The van der Waals surface area contributed by atoms with E-state index in [1.165, 1.54) is 12.3 Å². The van der Waals surface area contributed by atoms with Gasteiger partial charge in [-0.15, -0.1) is 0 Å². The van der Waals surface area contributed by atoms with Gasteiger partial charge in [-0.25, -0.2) is 14.6 Å². The van der Waals surface area contributed by atoms with Gasteiger partial charge in [-0.1, -0.05) is 6.92 Å². The molecule has 1 heterocycles. The van der Waals surface area contributed by atoms with E-state index in [9.17, 15) is 9.59 Å². The minimum absolute atomic E-state index is 0.130. The zero-order valence-corrected chi connectivity index (χ0v) is 8.11.